The minimum atomic E-state index is 0.0184. The summed E-state index contributed by atoms with van der Waals surface area (Å²) in [4.78, 5) is 12.0. The Hall–Kier alpha value is -1.16. The quantitative estimate of drug-likeness (QED) is 0.887. The number of nitrogens with zero attached hydrogens (tertiary/aromatic N) is 2. The second-order valence-corrected chi connectivity index (χ2v) is 5.54. The zero-order valence-corrected chi connectivity index (χ0v) is 11.6. The highest BCUT2D eigenvalue weighted by Crippen LogP contribution is 2.18. The predicted molar refractivity (Wildman–Crippen MR) is 72.7 cm³/mol. The lowest BCUT2D eigenvalue weighted by Gasteiger charge is -2.13. The van der Waals surface area contributed by atoms with E-state index in [2.05, 4.69) is 24.3 Å². The molecule has 4 heteroatoms. The predicted octanol–water partition coefficient (Wildman–Crippen LogP) is 1.94. The van der Waals surface area contributed by atoms with Crippen molar-refractivity contribution in [3.05, 3.63) is 27.7 Å². The fraction of sp³-hybridized carbons (Fsp3) is 0.714. The van der Waals surface area contributed by atoms with E-state index in [-0.39, 0.29) is 5.56 Å². The maximum atomic E-state index is 12.0. The van der Waals surface area contributed by atoms with Gasteiger partial charge >= 0.3 is 0 Å². The van der Waals surface area contributed by atoms with Crippen LogP contribution in [0.25, 0.3) is 0 Å². The third-order valence-electron chi connectivity index (χ3n) is 3.68. The van der Waals surface area contributed by atoms with Crippen LogP contribution in [0.4, 0.5) is 0 Å². The summed E-state index contributed by atoms with van der Waals surface area (Å²) in [6.45, 7) is 4.86. The summed E-state index contributed by atoms with van der Waals surface area (Å²) < 4.78 is 1.46. The van der Waals surface area contributed by atoms with Crippen LogP contribution in [-0.4, -0.2) is 15.8 Å². The summed E-state index contributed by atoms with van der Waals surface area (Å²) in [5.41, 5.74) is 1.84. The van der Waals surface area contributed by atoms with Crippen molar-refractivity contribution in [3.63, 3.8) is 0 Å². The minimum absolute atomic E-state index is 0.0184. The van der Waals surface area contributed by atoms with Crippen molar-refractivity contribution in [3.8, 4) is 0 Å². The Morgan fingerprint density at radius 3 is 2.72 bits per heavy atom. The molecule has 0 unspecified atom stereocenters. The van der Waals surface area contributed by atoms with E-state index >= 15 is 0 Å². The smallest absolute Gasteiger partial charge is 0.270 e. The van der Waals surface area contributed by atoms with Crippen molar-refractivity contribution >= 4 is 0 Å². The molecule has 0 bridgehead atoms. The first kappa shape index (κ1) is 13.3. The van der Waals surface area contributed by atoms with Crippen LogP contribution in [0.5, 0.6) is 0 Å². The standard InChI is InChI=1S/C14H23N3O/c1-10(2)13-8-11(14(18)17(3)16-13)9-15-12-6-4-5-7-12/h8,10,12,15H,4-7,9H2,1-3H3. The fourth-order valence-corrected chi connectivity index (χ4v) is 2.49. The van der Waals surface area contributed by atoms with Crippen molar-refractivity contribution in [2.24, 2.45) is 7.05 Å². The zero-order chi connectivity index (χ0) is 13.1. The zero-order valence-electron chi connectivity index (χ0n) is 11.6. The van der Waals surface area contributed by atoms with E-state index in [1.165, 1.54) is 30.4 Å². The van der Waals surface area contributed by atoms with Crippen molar-refractivity contribution in [2.75, 3.05) is 0 Å². The Balaban J connectivity index is 2.12. The lowest BCUT2D eigenvalue weighted by Crippen LogP contribution is -2.32. The Morgan fingerprint density at radius 2 is 2.11 bits per heavy atom. The molecule has 0 amide bonds. The molecule has 1 N–H and O–H groups in total. The SMILES string of the molecule is CC(C)c1cc(CNC2CCCC2)c(=O)n(C)n1. The first-order valence-corrected chi connectivity index (χ1v) is 6.88. The highest BCUT2D eigenvalue weighted by Gasteiger charge is 2.15. The van der Waals surface area contributed by atoms with Gasteiger partial charge < -0.3 is 5.32 Å². The summed E-state index contributed by atoms with van der Waals surface area (Å²) in [5.74, 6) is 0.349. The maximum Gasteiger partial charge on any atom is 0.270 e. The molecular formula is C14H23N3O. The average Bonchev–Trinajstić information content (AvgIpc) is 2.83. The summed E-state index contributed by atoms with van der Waals surface area (Å²) in [6.07, 6.45) is 5.09. The van der Waals surface area contributed by atoms with Gasteiger partial charge in [-0.05, 0) is 24.8 Å². The number of rotatable bonds is 4. The van der Waals surface area contributed by atoms with Gasteiger partial charge in [-0.25, -0.2) is 4.68 Å². The van der Waals surface area contributed by atoms with Gasteiger partial charge in [0.1, 0.15) is 0 Å². The Labute approximate surface area is 108 Å². The van der Waals surface area contributed by atoms with Crippen molar-refractivity contribution in [1.29, 1.82) is 0 Å². The molecule has 0 aromatic carbocycles. The summed E-state index contributed by atoms with van der Waals surface area (Å²) in [6, 6.07) is 2.54. The third-order valence-corrected chi connectivity index (χ3v) is 3.68. The number of aryl methyl sites for hydroxylation is 1. The summed E-state index contributed by atoms with van der Waals surface area (Å²) in [5, 5.41) is 7.78. The normalized spacial score (nSPS) is 16.7. The molecule has 1 fully saturated rings. The molecule has 0 aliphatic heterocycles. The summed E-state index contributed by atoms with van der Waals surface area (Å²) >= 11 is 0. The van der Waals surface area contributed by atoms with E-state index in [0.29, 0.717) is 18.5 Å². The monoisotopic (exact) mass is 249 g/mol. The molecule has 0 atom stereocenters. The Morgan fingerprint density at radius 1 is 1.44 bits per heavy atom. The number of nitrogens with one attached hydrogen (secondary N) is 1. The molecule has 1 aromatic rings. The van der Waals surface area contributed by atoms with Crippen molar-refractivity contribution < 1.29 is 0 Å². The fourth-order valence-electron chi connectivity index (χ4n) is 2.49. The number of aromatic nitrogens is 2. The first-order chi connectivity index (χ1) is 8.58. The van der Waals surface area contributed by atoms with E-state index in [9.17, 15) is 4.79 Å². The van der Waals surface area contributed by atoms with Gasteiger partial charge in [-0.2, -0.15) is 5.10 Å². The van der Waals surface area contributed by atoms with Crippen LogP contribution in [0.1, 0.15) is 56.7 Å². The lowest BCUT2D eigenvalue weighted by molar-refractivity contribution is 0.516. The average molecular weight is 249 g/mol. The van der Waals surface area contributed by atoms with E-state index < -0.39 is 0 Å². The highest BCUT2D eigenvalue weighted by atomic mass is 16.1. The lowest BCUT2D eigenvalue weighted by atomic mass is 10.1. The largest absolute Gasteiger partial charge is 0.310 e. The molecule has 1 aromatic heterocycles. The van der Waals surface area contributed by atoms with Gasteiger partial charge in [0.25, 0.3) is 5.56 Å². The van der Waals surface area contributed by atoms with Crippen LogP contribution >= 0.6 is 0 Å². The van der Waals surface area contributed by atoms with Crippen LogP contribution in [0, 0.1) is 0 Å². The van der Waals surface area contributed by atoms with E-state index in [1.54, 1.807) is 7.05 Å². The van der Waals surface area contributed by atoms with Gasteiger partial charge in [0.05, 0.1) is 5.69 Å². The minimum Gasteiger partial charge on any atom is -0.310 e. The second kappa shape index (κ2) is 5.65. The molecule has 18 heavy (non-hydrogen) atoms. The van der Waals surface area contributed by atoms with E-state index in [1.807, 2.05) is 6.07 Å². The molecule has 100 valence electrons. The van der Waals surface area contributed by atoms with Gasteiger partial charge in [0.15, 0.2) is 0 Å². The third kappa shape index (κ3) is 2.99. The van der Waals surface area contributed by atoms with E-state index in [4.69, 9.17) is 0 Å². The van der Waals surface area contributed by atoms with Crippen LogP contribution in [0.2, 0.25) is 0 Å². The Bertz CT molecular complexity index is 459. The topological polar surface area (TPSA) is 46.9 Å². The van der Waals surface area contributed by atoms with Crippen LogP contribution in [0.15, 0.2) is 10.9 Å². The maximum absolute atomic E-state index is 12.0. The molecular weight excluding hydrogens is 226 g/mol. The second-order valence-electron chi connectivity index (χ2n) is 5.54. The molecule has 1 aliphatic carbocycles. The highest BCUT2D eigenvalue weighted by molar-refractivity contribution is 5.16. The van der Waals surface area contributed by atoms with Gasteiger partial charge in [0.2, 0.25) is 0 Å². The molecule has 1 heterocycles. The molecule has 1 aliphatic rings. The van der Waals surface area contributed by atoms with Crippen LogP contribution in [-0.2, 0) is 13.6 Å². The van der Waals surface area contributed by atoms with Gasteiger partial charge in [-0.1, -0.05) is 26.7 Å². The number of hydrogen-bond acceptors (Lipinski definition) is 3. The molecule has 4 nitrogen and oxygen atoms in total. The molecule has 1 saturated carbocycles. The van der Waals surface area contributed by atoms with Crippen molar-refractivity contribution in [2.45, 2.75) is 58.0 Å². The van der Waals surface area contributed by atoms with E-state index in [0.717, 1.165) is 11.3 Å². The Kier molecular flexibility index (Phi) is 4.17. The van der Waals surface area contributed by atoms with Crippen LogP contribution in [0.3, 0.4) is 0 Å². The van der Waals surface area contributed by atoms with Gasteiger partial charge in [-0.15, -0.1) is 0 Å². The molecule has 0 saturated heterocycles. The van der Waals surface area contributed by atoms with Gasteiger partial charge in [-0.3, -0.25) is 4.79 Å². The molecule has 2 rings (SSSR count). The first-order valence-electron chi connectivity index (χ1n) is 6.88. The van der Waals surface area contributed by atoms with Gasteiger partial charge in [0, 0.05) is 25.2 Å². The van der Waals surface area contributed by atoms with Crippen molar-refractivity contribution in [1.82, 2.24) is 15.1 Å². The molecule has 0 radical (unpaired) electrons. The van der Waals surface area contributed by atoms with Crippen LogP contribution < -0.4 is 10.9 Å². The molecule has 0 spiro atoms. The number of hydrogen-bond donors (Lipinski definition) is 1. The summed E-state index contributed by atoms with van der Waals surface area (Å²) in [7, 11) is 1.73.